The summed E-state index contributed by atoms with van der Waals surface area (Å²) >= 11 is 0. The summed E-state index contributed by atoms with van der Waals surface area (Å²) in [7, 11) is -3.97. The van der Waals surface area contributed by atoms with Gasteiger partial charge in [-0.3, -0.25) is 9.62 Å². The number of fused-ring (bicyclic) bond motifs is 2. The maximum absolute atomic E-state index is 12.7. The molecule has 1 saturated heterocycles. The average Bonchev–Trinajstić information content (AvgIpc) is 2.72. The highest BCUT2D eigenvalue weighted by atomic mass is 32.2. The summed E-state index contributed by atoms with van der Waals surface area (Å²) in [5, 5.41) is 0. The third-order valence-electron chi connectivity index (χ3n) is 6.41. The number of nitrogens with one attached hydrogen (secondary N) is 1. The van der Waals surface area contributed by atoms with Crippen LogP contribution >= 0.6 is 0 Å². The van der Waals surface area contributed by atoms with Gasteiger partial charge in [0.15, 0.2) is 0 Å². The molecule has 4 rings (SSSR count). The lowest BCUT2D eigenvalue weighted by Gasteiger charge is -2.44. The van der Waals surface area contributed by atoms with Crippen molar-refractivity contribution < 1.29 is 21.6 Å². The monoisotopic (exact) mass is 452 g/mol. The molecule has 1 aliphatic carbocycles. The van der Waals surface area contributed by atoms with E-state index in [1.54, 1.807) is 6.07 Å². The van der Waals surface area contributed by atoms with Gasteiger partial charge in [0.2, 0.25) is 0 Å². The zero-order valence-corrected chi connectivity index (χ0v) is 18.3. The molecule has 1 heterocycles. The van der Waals surface area contributed by atoms with Crippen LogP contribution in [0.1, 0.15) is 42.9 Å². The van der Waals surface area contributed by atoms with E-state index in [0.29, 0.717) is 17.6 Å². The highest BCUT2D eigenvalue weighted by molar-refractivity contribution is 7.92. The topological polar surface area (TPSA) is 49.4 Å². The third kappa shape index (κ3) is 4.75. The second-order valence-electron chi connectivity index (χ2n) is 8.52. The number of hydrogen-bond acceptors (Lipinski definition) is 3. The minimum absolute atomic E-state index is 0.195. The Balaban J connectivity index is 1.53. The van der Waals surface area contributed by atoms with Crippen molar-refractivity contribution in [3.8, 4) is 0 Å². The van der Waals surface area contributed by atoms with Crippen LogP contribution in [0.5, 0.6) is 0 Å². The van der Waals surface area contributed by atoms with Gasteiger partial charge >= 0.3 is 6.18 Å². The standard InChI is InChI=1S/C23H27F3N2O2S/c1-2-11-28-12-3-4-17-13-16-5-8-20(14-18(16)15-22(17)28)27-31(29,30)21-9-6-19(7-10-21)23(24,25)26/h5-10,14,17,22,27H,2-4,11-13,15H2,1H3/t17-,22-/m1/s1. The van der Waals surface area contributed by atoms with Crippen LogP contribution in [0, 0.1) is 5.92 Å². The van der Waals surface area contributed by atoms with Crippen molar-refractivity contribution in [2.45, 2.75) is 56.1 Å². The van der Waals surface area contributed by atoms with Gasteiger partial charge in [-0.05, 0) is 98.6 Å². The molecule has 2 atom stereocenters. The molecule has 0 unspecified atom stereocenters. The van der Waals surface area contributed by atoms with E-state index in [0.717, 1.165) is 62.2 Å². The molecule has 0 saturated carbocycles. The number of nitrogens with zero attached hydrogens (tertiary/aromatic N) is 1. The molecule has 2 aromatic carbocycles. The fourth-order valence-corrected chi connectivity index (χ4v) is 5.98. The van der Waals surface area contributed by atoms with E-state index in [2.05, 4.69) is 16.5 Å². The molecule has 1 aliphatic heterocycles. The maximum atomic E-state index is 12.7. The fourth-order valence-electron chi connectivity index (χ4n) is 4.94. The summed E-state index contributed by atoms with van der Waals surface area (Å²) in [5.41, 5.74) is 1.97. The largest absolute Gasteiger partial charge is 0.416 e. The van der Waals surface area contributed by atoms with Gasteiger partial charge in [0, 0.05) is 11.7 Å². The SMILES string of the molecule is CCCN1CCC[C@@H]2Cc3ccc(NS(=O)(=O)c4ccc(C(F)(F)F)cc4)cc3C[C@H]21. The van der Waals surface area contributed by atoms with Crippen LogP contribution in [0.2, 0.25) is 0 Å². The Labute approximate surface area is 181 Å². The van der Waals surface area contributed by atoms with Crippen molar-refractivity contribution in [3.63, 3.8) is 0 Å². The van der Waals surface area contributed by atoms with Gasteiger partial charge in [0.1, 0.15) is 0 Å². The van der Waals surface area contributed by atoms with Gasteiger partial charge in [-0.15, -0.1) is 0 Å². The quantitative estimate of drug-likeness (QED) is 0.687. The third-order valence-corrected chi connectivity index (χ3v) is 7.80. The molecule has 0 aromatic heterocycles. The van der Waals surface area contributed by atoms with E-state index in [-0.39, 0.29) is 4.90 Å². The second kappa shape index (κ2) is 8.47. The number of halogens is 3. The molecule has 1 N–H and O–H groups in total. The molecule has 2 aliphatic rings. The average molecular weight is 453 g/mol. The van der Waals surface area contributed by atoms with E-state index in [4.69, 9.17) is 0 Å². The molecule has 168 valence electrons. The van der Waals surface area contributed by atoms with Gasteiger partial charge in [-0.2, -0.15) is 13.2 Å². The van der Waals surface area contributed by atoms with Crippen LogP contribution < -0.4 is 4.72 Å². The van der Waals surface area contributed by atoms with E-state index in [1.165, 1.54) is 18.4 Å². The normalized spacial score (nSPS) is 21.9. The summed E-state index contributed by atoms with van der Waals surface area (Å²) in [5.74, 6) is 0.641. The van der Waals surface area contributed by atoms with E-state index in [9.17, 15) is 21.6 Å². The number of benzene rings is 2. The first kappa shape index (κ1) is 22.1. The molecule has 0 spiro atoms. The Bertz CT molecular complexity index is 1030. The molecule has 4 nitrogen and oxygen atoms in total. The molecule has 1 fully saturated rings. The Morgan fingerprint density at radius 1 is 1.06 bits per heavy atom. The van der Waals surface area contributed by atoms with Crippen LogP contribution in [0.3, 0.4) is 0 Å². The van der Waals surface area contributed by atoms with Gasteiger partial charge < -0.3 is 0 Å². The highest BCUT2D eigenvalue weighted by Crippen LogP contribution is 2.36. The summed E-state index contributed by atoms with van der Waals surface area (Å²) < 4.78 is 66.2. The van der Waals surface area contributed by atoms with Crippen LogP contribution in [-0.2, 0) is 29.0 Å². The molecule has 0 bridgehead atoms. The molecule has 0 amide bonds. The van der Waals surface area contributed by atoms with E-state index in [1.807, 2.05) is 12.1 Å². The minimum atomic E-state index is -4.50. The van der Waals surface area contributed by atoms with E-state index >= 15 is 0 Å². The fraction of sp³-hybridized carbons (Fsp3) is 0.478. The number of hydrogen-bond donors (Lipinski definition) is 1. The molecule has 0 radical (unpaired) electrons. The van der Waals surface area contributed by atoms with Gasteiger partial charge in [0.05, 0.1) is 10.5 Å². The predicted octanol–water partition coefficient (Wildman–Crippen LogP) is 5.10. The second-order valence-corrected chi connectivity index (χ2v) is 10.2. The van der Waals surface area contributed by atoms with Crippen LogP contribution in [0.25, 0.3) is 0 Å². The first-order chi connectivity index (χ1) is 14.7. The van der Waals surface area contributed by atoms with Gasteiger partial charge in [0.25, 0.3) is 10.0 Å². The van der Waals surface area contributed by atoms with Crippen molar-refractivity contribution in [1.82, 2.24) is 4.90 Å². The number of sulfonamides is 1. The summed E-state index contributed by atoms with van der Waals surface area (Å²) in [6, 6.07) is 9.63. The zero-order chi connectivity index (χ0) is 22.2. The predicted molar refractivity (Wildman–Crippen MR) is 114 cm³/mol. The Kier molecular flexibility index (Phi) is 6.05. The van der Waals surface area contributed by atoms with Crippen molar-refractivity contribution in [3.05, 3.63) is 59.2 Å². The van der Waals surface area contributed by atoms with Crippen molar-refractivity contribution in [2.75, 3.05) is 17.8 Å². The molecule has 8 heteroatoms. The van der Waals surface area contributed by atoms with Crippen molar-refractivity contribution in [1.29, 1.82) is 0 Å². The first-order valence-corrected chi connectivity index (χ1v) is 12.2. The smallest absolute Gasteiger partial charge is 0.300 e. The van der Waals surface area contributed by atoms with Gasteiger partial charge in [-0.25, -0.2) is 8.42 Å². The van der Waals surface area contributed by atoms with Crippen LogP contribution in [0.4, 0.5) is 18.9 Å². The summed E-state index contributed by atoms with van der Waals surface area (Å²) in [6.07, 6.45) is 0.968. The van der Waals surface area contributed by atoms with Crippen LogP contribution in [-0.4, -0.2) is 32.4 Å². The van der Waals surface area contributed by atoms with Crippen molar-refractivity contribution >= 4 is 15.7 Å². The number of piperidine rings is 1. The lowest BCUT2D eigenvalue weighted by molar-refractivity contribution is -0.137. The zero-order valence-electron chi connectivity index (χ0n) is 17.5. The Morgan fingerprint density at radius 2 is 1.81 bits per heavy atom. The first-order valence-electron chi connectivity index (χ1n) is 10.7. The van der Waals surface area contributed by atoms with Crippen LogP contribution in [0.15, 0.2) is 47.4 Å². The lowest BCUT2D eigenvalue weighted by Crippen LogP contribution is -2.49. The maximum Gasteiger partial charge on any atom is 0.416 e. The lowest BCUT2D eigenvalue weighted by atomic mass is 9.75. The number of likely N-dealkylation sites (tertiary alicyclic amines) is 1. The van der Waals surface area contributed by atoms with Gasteiger partial charge in [-0.1, -0.05) is 13.0 Å². The van der Waals surface area contributed by atoms with E-state index < -0.39 is 21.8 Å². The molecule has 2 aromatic rings. The number of alkyl halides is 3. The summed E-state index contributed by atoms with van der Waals surface area (Å²) in [6.45, 7) is 4.38. The molecular weight excluding hydrogens is 425 g/mol. The number of anilines is 1. The Hall–Kier alpha value is -2.06. The number of rotatable bonds is 5. The highest BCUT2D eigenvalue weighted by Gasteiger charge is 2.35. The Morgan fingerprint density at radius 3 is 2.48 bits per heavy atom. The summed E-state index contributed by atoms with van der Waals surface area (Å²) in [4.78, 5) is 2.37. The van der Waals surface area contributed by atoms with Crippen molar-refractivity contribution in [2.24, 2.45) is 5.92 Å². The molecular formula is C23H27F3N2O2S. The molecule has 31 heavy (non-hydrogen) atoms. The minimum Gasteiger partial charge on any atom is -0.300 e.